The van der Waals surface area contributed by atoms with Gasteiger partial charge in [-0.2, -0.15) is 0 Å². The van der Waals surface area contributed by atoms with Crippen molar-refractivity contribution in [3.63, 3.8) is 0 Å². The number of hydrogen-bond acceptors (Lipinski definition) is 5. The number of carbonyl (C=O) groups excluding carboxylic acids is 1. The number of carbonyl (C=O) groups is 1. The number of likely N-dealkylation sites (tertiary alicyclic amines) is 1. The molecule has 3 heterocycles. The van der Waals surface area contributed by atoms with Crippen LogP contribution in [0, 0.1) is 11.8 Å². The molecule has 5 rings (SSSR count). The summed E-state index contributed by atoms with van der Waals surface area (Å²) in [6.07, 6.45) is 14.0. The van der Waals surface area contributed by atoms with Crippen molar-refractivity contribution in [2.75, 3.05) is 19.6 Å². The molecule has 3 aliphatic rings. The lowest BCUT2D eigenvalue weighted by Crippen LogP contribution is -2.42. The van der Waals surface area contributed by atoms with Gasteiger partial charge in [0, 0.05) is 47.9 Å². The van der Waals surface area contributed by atoms with Crippen LogP contribution in [0.2, 0.25) is 5.02 Å². The summed E-state index contributed by atoms with van der Waals surface area (Å²) in [7, 11) is 0. The Morgan fingerprint density at radius 1 is 1.24 bits per heavy atom. The Bertz CT molecular complexity index is 1280. The van der Waals surface area contributed by atoms with Gasteiger partial charge in [0.2, 0.25) is 5.88 Å². The highest BCUT2D eigenvalue weighted by atomic mass is 35.5. The molecule has 5 nitrogen and oxygen atoms in total. The van der Waals surface area contributed by atoms with Gasteiger partial charge in [0.05, 0.1) is 11.5 Å². The zero-order chi connectivity index (χ0) is 26.0. The van der Waals surface area contributed by atoms with Crippen LogP contribution in [0.1, 0.15) is 44.2 Å². The summed E-state index contributed by atoms with van der Waals surface area (Å²) < 4.78 is 6.21. The first kappa shape index (κ1) is 25.7. The number of ketones is 1. The summed E-state index contributed by atoms with van der Waals surface area (Å²) in [4.78, 5) is 19.9. The smallest absolute Gasteiger partial charge is 0.227 e. The van der Waals surface area contributed by atoms with Gasteiger partial charge in [-0.25, -0.2) is 4.98 Å². The van der Waals surface area contributed by atoms with Crippen molar-refractivity contribution in [1.82, 2.24) is 9.88 Å². The minimum absolute atomic E-state index is 0.0725. The van der Waals surface area contributed by atoms with Crippen LogP contribution in [0.25, 0.3) is 5.57 Å². The lowest BCUT2D eigenvalue weighted by atomic mass is 9.83. The zero-order valence-electron chi connectivity index (χ0n) is 21.4. The molecule has 2 aromatic rings. The Hall–Kier alpha value is -2.99. The van der Waals surface area contributed by atoms with E-state index in [2.05, 4.69) is 22.0 Å². The van der Waals surface area contributed by atoms with Crippen LogP contribution in [-0.2, 0) is 10.4 Å². The first-order chi connectivity index (χ1) is 17.8. The molecular weight excluding hydrogens is 484 g/mol. The monoisotopic (exact) mass is 516 g/mol. The summed E-state index contributed by atoms with van der Waals surface area (Å²) in [5.41, 5.74) is 2.97. The number of halogens is 1. The molecular formula is C31H33ClN2O3. The normalized spacial score (nSPS) is 22.0. The van der Waals surface area contributed by atoms with E-state index in [1.165, 1.54) is 0 Å². The molecule has 1 aromatic heterocycles. The fraction of sp³-hybridized carbons (Fsp3) is 0.355. The predicted octanol–water partition coefficient (Wildman–Crippen LogP) is 6.11. The minimum Gasteiger partial charge on any atom is -0.438 e. The fourth-order valence-electron chi connectivity index (χ4n) is 5.28. The van der Waals surface area contributed by atoms with Crippen molar-refractivity contribution in [3.8, 4) is 5.88 Å². The quantitative estimate of drug-likeness (QED) is 0.502. The van der Waals surface area contributed by atoms with Gasteiger partial charge in [-0.05, 0) is 66.8 Å². The van der Waals surface area contributed by atoms with Crippen molar-refractivity contribution in [3.05, 3.63) is 100 Å². The maximum absolute atomic E-state index is 13.0. The molecule has 1 unspecified atom stereocenters. The summed E-state index contributed by atoms with van der Waals surface area (Å²) in [6, 6.07) is 11.5. The number of aliphatic hydroxyl groups is 1. The maximum Gasteiger partial charge on any atom is 0.227 e. The van der Waals surface area contributed by atoms with Crippen molar-refractivity contribution in [2.24, 2.45) is 11.8 Å². The van der Waals surface area contributed by atoms with E-state index in [-0.39, 0.29) is 17.6 Å². The topological polar surface area (TPSA) is 62.7 Å². The standard InChI is InChI=1S/C31H33ClN2O3/c1-21(2)29(35)26-7-3-9-28-27(26)20-22(25-8-4-16-33-30(25)37-28)6-5-17-34-18-14-31(36,15-19-34)23-10-12-24(32)13-11-23/h3-4,6-13,16,20-21,26,36H,5,14-15,17-19H2,1-2H3. The number of rotatable bonds is 6. The molecule has 1 aliphatic carbocycles. The number of hydrogen-bond donors (Lipinski definition) is 1. The largest absolute Gasteiger partial charge is 0.438 e. The molecule has 0 bridgehead atoms. The highest BCUT2D eigenvalue weighted by molar-refractivity contribution is 6.30. The van der Waals surface area contributed by atoms with Crippen LogP contribution < -0.4 is 4.74 Å². The fourth-order valence-corrected chi connectivity index (χ4v) is 5.40. The van der Waals surface area contributed by atoms with Gasteiger partial charge in [-0.3, -0.25) is 4.79 Å². The number of nitrogens with zero attached hydrogens (tertiary/aromatic N) is 2. The van der Waals surface area contributed by atoms with Gasteiger partial charge in [-0.15, -0.1) is 0 Å². The number of benzene rings is 1. The number of allylic oxidation sites excluding steroid dienone is 6. The van der Waals surface area contributed by atoms with Crippen molar-refractivity contribution >= 4 is 23.0 Å². The van der Waals surface area contributed by atoms with E-state index in [0.717, 1.165) is 48.3 Å². The van der Waals surface area contributed by atoms with E-state index in [4.69, 9.17) is 16.3 Å². The summed E-state index contributed by atoms with van der Waals surface area (Å²) in [6.45, 7) is 6.41. The molecule has 0 spiro atoms. The molecule has 37 heavy (non-hydrogen) atoms. The Labute approximate surface area is 223 Å². The van der Waals surface area contributed by atoms with Crippen LogP contribution >= 0.6 is 11.6 Å². The lowest BCUT2D eigenvalue weighted by molar-refractivity contribution is -0.123. The van der Waals surface area contributed by atoms with E-state index in [0.29, 0.717) is 29.5 Å². The van der Waals surface area contributed by atoms with Gasteiger partial charge in [0.1, 0.15) is 11.5 Å². The van der Waals surface area contributed by atoms with Crippen LogP contribution in [0.5, 0.6) is 5.88 Å². The van der Waals surface area contributed by atoms with Crippen molar-refractivity contribution in [2.45, 2.75) is 38.7 Å². The third kappa shape index (κ3) is 5.49. The van der Waals surface area contributed by atoms with Gasteiger partial charge >= 0.3 is 0 Å². The van der Waals surface area contributed by atoms with E-state index >= 15 is 0 Å². The summed E-state index contributed by atoms with van der Waals surface area (Å²) >= 11 is 6.02. The number of ether oxygens (including phenoxy) is 1. The second kappa shape index (κ2) is 10.8. The van der Waals surface area contributed by atoms with Gasteiger partial charge in [0.15, 0.2) is 0 Å². The van der Waals surface area contributed by atoms with Crippen molar-refractivity contribution < 1.29 is 14.6 Å². The summed E-state index contributed by atoms with van der Waals surface area (Å²) in [5, 5.41) is 11.9. The molecule has 1 fully saturated rings. The van der Waals surface area contributed by atoms with E-state index in [1.54, 1.807) is 6.20 Å². The Morgan fingerprint density at radius 3 is 2.73 bits per heavy atom. The summed E-state index contributed by atoms with van der Waals surface area (Å²) in [5.74, 6) is 1.02. The highest BCUT2D eigenvalue weighted by Crippen LogP contribution is 2.39. The third-order valence-electron chi connectivity index (χ3n) is 7.52. The zero-order valence-corrected chi connectivity index (χ0v) is 22.1. The Kier molecular flexibility index (Phi) is 7.47. The number of aromatic nitrogens is 1. The first-order valence-corrected chi connectivity index (χ1v) is 13.4. The Morgan fingerprint density at radius 2 is 2.00 bits per heavy atom. The molecule has 1 aromatic carbocycles. The van der Waals surface area contributed by atoms with Gasteiger partial charge in [-0.1, -0.05) is 55.8 Å². The minimum atomic E-state index is -0.803. The van der Waals surface area contributed by atoms with Crippen LogP contribution in [-0.4, -0.2) is 40.4 Å². The number of piperidine rings is 1. The van der Waals surface area contributed by atoms with Gasteiger partial charge in [0.25, 0.3) is 0 Å². The van der Waals surface area contributed by atoms with Crippen molar-refractivity contribution in [1.29, 1.82) is 0 Å². The molecule has 1 atom stereocenters. The molecule has 0 radical (unpaired) electrons. The van der Waals surface area contributed by atoms with Crippen LogP contribution in [0.15, 0.2) is 84.3 Å². The average Bonchev–Trinajstić information content (AvgIpc) is 3.06. The molecule has 0 saturated carbocycles. The van der Waals surface area contributed by atoms with E-state index in [9.17, 15) is 9.90 Å². The second-order valence-electron chi connectivity index (χ2n) is 10.3. The van der Waals surface area contributed by atoms with E-state index < -0.39 is 5.60 Å². The average molecular weight is 517 g/mol. The lowest BCUT2D eigenvalue weighted by Gasteiger charge is -2.38. The number of pyridine rings is 1. The number of fused-ring (bicyclic) bond motifs is 2. The molecule has 6 heteroatoms. The van der Waals surface area contributed by atoms with Crippen LogP contribution in [0.3, 0.4) is 0 Å². The third-order valence-corrected chi connectivity index (χ3v) is 7.77. The molecule has 0 amide bonds. The maximum atomic E-state index is 13.0. The Balaban J connectivity index is 1.32. The highest BCUT2D eigenvalue weighted by Gasteiger charge is 2.34. The SMILES string of the molecule is CC(C)C(=O)C1C=CC=C2Oc3ncccc3C(=CCCN3CCC(O)(c4ccc(Cl)cc4)CC3)C=C21. The molecule has 192 valence electrons. The van der Waals surface area contributed by atoms with Crippen LogP contribution in [0.4, 0.5) is 0 Å². The molecule has 1 saturated heterocycles. The second-order valence-corrected chi connectivity index (χ2v) is 10.8. The van der Waals surface area contributed by atoms with Gasteiger partial charge < -0.3 is 14.7 Å². The molecule has 2 aliphatic heterocycles. The van der Waals surface area contributed by atoms with E-state index in [1.807, 2.05) is 68.5 Å². The number of Topliss-reactive ketones (excluding diaryl/α,β-unsaturated/α-hetero) is 1. The predicted molar refractivity (Wildman–Crippen MR) is 147 cm³/mol. The first-order valence-electron chi connectivity index (χ1n) is 13.0. The molecule has 1 N–H and O–H groups in total.